The summed E-state index contributed by atoms with van der Waals surface area (Å²) in [5.74, 6) is 0.589. The molecule has 57 heavy (non-hydrogen) atoms. The Balaban J connectivity index is 1.24. The quantitative estimate of drug-likeness (QED) is 0.163. The molecule has 5 nitrogen and oxygen atoms in total. The molecule has 0 fully saturated rings. The summed E-state index contributed by atoms with van der Waals surface area (Å²) in [5.41, 5.74) is 14.8. The van der Waals surface area contributed by atoms with Crippen LogP contribution >= 0.6 is 0 Å². The lowest BCUT2D eigenvalue weighted by molar-refractivity contribution is 0.614. The molecule has 5 heteroatoms. The van der Waals surface area contributed by atoms with E-state index in [-0.39, 0.29) is 5.41 Å². The van der Waals surface area contributed by atoms with Crippen molar-refractivity contribution in [2.24, 2.45) is 0 Å². The first-order valence-electron chi connectivity index (χ1n) is 19.4. The van der Waals surface area contributed by atoms with E-state index in [9.17, 15) is 0 Å². The largest absolute Gasteiger partial charge is 0.456 e. The lowest BCUT2D eigenvalue weighted by Crippen LogP contribution is -2.17. The Morgan fingerprint density at radius 2 is 1.04 bits per heavy atom. The number of nitrogens with zero attached hydrogens (tertiary/aromatic N) is 3. The van der Waals surface area contributed by atoms with E-state index < -0.39 is 0 Å². The van der Waals surface area contributed by atoms with Gasteiger partial charge in [-0.3, -0.25) is 0 Å². The fourth-order valence-electron chi connectivity index (χ4n) is 8.76. The SMILES string of the molecule is CC1(C)c2ccccc2-c2c1cc1oc(-c3ccccc3)nc1c2N(c1cccc(N(c2ccccc2)c2ccccc2)c1)c1ccc2oc3ccccc3c2c1. The number of anilines is 6. The maximum Gasteiger partial charge on any atom is 0.227 e. The molecule has 0 saturated heterocycles. The molecule has 1 aliphatic rings. The highest BCUT2D eigenvalue weighted by molar-refractivity contribution is 6.10. The van der Waals surface area contributed by atoms with E-state index in [2.05, 4.69) is 181 Å². The Kier molecular flexibility index (Phi) is 7.45. The molecule has 1 aliphatic carbocycles. The topological polar surface area (TPSA) is 45.7 Å². The van der Waals surface area contributed by atoms with E-state index >= 15 is 0 Å². The number of hydrogen-bond acceptors (Lipinski definition) is 5. The highest BCUT2D eigenvalue weighted by atomic mass is 16.3. The summed E-state index contributed by atoms with van der Waals surface area (Å²) >= 11 is 0. The number of benzene rings is 8. The second-order valence-corrected chi connectivity index (χ2v) is 15.2. The fourth-order valence-corrected chi connectivity index (χ4v) is 8.76. The number of hydrogen-bond donors (Lipinski definition) is 0. The van der Waals surface area contributed by atoms with Gasteiger partial charge in [0.25, 0.3) is 0 Å². The monoisotopic (exact) mass is 735 g/mol. The van der Waals surface area contributed by atoms with Gasteiger partial charge in [-0.05, 0) is 102 Å². The minimum Gasteiger partial charge on any atom is -0.456 e. The summed E-state index contributed by atoms with van der Waals surface area (Å²) in [5, 5.41) is 2.12. The van der Waals surface area contributed by atoms with Crippen molar-refractivity contribution in [2.75, 3.05) is 9.80 Å². The van der Waals surface area contributed by atoms with Crippen molar-refractivity contribution in [1.29, 1.82) is 0 Å². The molecule has 2 heterocycles. The predicted octanol–water partition coefficient (Wildman–Crippen LogP) is 14.6. The van der Waals surface area contributed by atoms with E-state index in [4.69, 9.17) is 13.8 Å². The molecule has 0 N–H and O–H groups in total. The maximum atomic E-state index is 6.77. The van der Waals surface area contributed by atoms with Crippen LogP contribution in [0.3, 0.4) is 0 Å². The molecule has 0 unspecified atom stereocenters. The Morgan fingerprint density at radius 3 is 1.79 bits per heavy atom. The van der Waals surface area contributed by atoms with Crippen LogP contribution in [0.4, 0.5) is 34.1 Å². The Hall–Kier alpha value is -7.37. The van der Waals surface area contributed by atoms with Gasteiger partial charge in [0.1, 0.15) is 16.7 Å². The highest BCUT2D eigenvalue weighted by Gasteiger charge is 2.40. The third-order valence-corrected chi connectivity index (χ3v) is 11.4. The molecule has 272 valence electrons. The van der Waals surface area contributed by atoms with Crippen LogP contribution in [0.15, 0.2) is 197 Å². The van der Waals surface area contributed by atoms with E-state index in [1.165, 1.54) is 16.7 Å². The smallest absolute Gasteiger partial charge is 0.227 e. The van der Waals surface area contributed by atoms with Crippen LogP contribution in [-0.4, -0.2) is 4.98 Å². The van der Waals surface area contributed by atoms with E-state index in [1.807, 2.05) is 30.3 Å². The van der Waals surface area contributed by atoms with Gasteiger partial charge in [-0.2, -0.15) is 0 Å². The van der Waals surface area contributed by atoms with Crippen molar-refractivity contribution in [3.8, 4) is 22.6 Å². The van der Waals surface area contributed by atoms with Gasteiger partial charge < -0.3 is 18.6 Å². The highest BCUT2D eigenvalue weighted by Crippen LogP contribution is 2.57. The summed E-state index contributed by atoms with van der Waals surface area (Å²) in [7, 11) is 0. The van der Waals surface area contributed by atoms with Gasteiger partial charge in [-0.15, -0.1) is 0 Å². The first kappa shape index (κ1) is 33.0. The Morgan fingerprint density at radius 1 is 0.439 bits per heavy atom. The van der Waals surface area contributed by atoms with Crippen LogP contribution in [0.5, 0.6) is 0 Å². The molecular weight excluding hydrogens is 699 g/mol. The van der Waals surface area contributed by atoms with Gasteiger partial charge in [-0.1, -0.05) is 117 Å². The van der Waals surface area contributed by atoms with Crippen LogP contribution in [0.2, 0.25) is 0 Å². The van der Waals surface area contributed by atoms with Gasteiger partial charge in [-0.25, -0.2) is 4.98 Å². The van der Waals surface area contributed by atoms with Gasteiger partial charge in [0.2, 0.25) is 5.89 Å². The lowest BCUT2D eigenvalue weighted by Gasteiger charge is -2.31. The number of fused-ring (bicyclic) bond motifs is 7. The summed E-state index contributed by atoms with van der Waals surface area (Å²) in [6.07, 6.45) is 0. The second-order valence-electron chi connectivity index (χ2n) is 15.2. The molecule has 0 saturated carbocycles. The molecule has 0 amide bonds. The standard InChI is InChI=1S/C52H37N3O2/c1-52(2)43-27-14-12-26-41(43)48-44(52)33-47-49(53-51(57-47)34-17-6-3-7-18-34)50(48)55(39-29-30-46-42(32-39)40-25-13-15-28-45(40)56-46)38-24-16-23-37(31-38)54(35-19-8-4-9-20-35)36-21-10-5-11-22-36/h3-33H,1-2H3. The van der Waals surface area contributed by atoms with Gasteiger partial charge in [0.05, 0.1) is 5.69 Å². The minimum absolute atomic E-state index is 0.287. The maximum absolute atomic E-state index is 6.77. The third-order valence-electron chi connectivity index (χ3n) is 11.4. The zero-order chi connectivity index (χ0) is 38.1. The van der Waals surface area contributed by atoms with Crippen LogP contribution < -0.4 is 9.80 Å². The molecule has 0 atom stereocenters. The van der Waals surface area contributed by atoms with E-state index in [0.717, 1.165) is 78.3 Å². The minimum atomic E-state index is -0.287. The predicted molar refractivity (Wildman–Crippen MR) is 234 cm³/mol. The average molecular weight is 736 g/mol. The fraction of sp³-hybridized carbons (Fsp3) is 0.0577. The van der Waals surface area contributed by atoms with Crippen molar-refractivity contribution in [3.05, 3.63) is 199 Å². The molecule has 0 aliphatic heterocycles. The molecule has 0 radical (unpaired) electrons. The van der Waals surface area contributed by atoms with Crippen LogP contribution in [-0.2, 0) is 5.41 Å². The van der Waals surface area contributed by atoms with Crippen LogP contribution in [0.1, 0.15) is 25.0 Å². The molecule has 0 spiro atoms. The molecule has 10 aromatic rings. The number of furan rings is 1. The van der Waals surface area contributed by atoms with Gasteiger partial charge in [0, 0.05) is 55.8 Å². The average Bonchev–Trinajstić information content (AvgIpc) is 3.93. The van der Waals surface area contributed by atoms with Crippen molar-refractivity contribution in [2.45, 2.75) is 19.3 Å². The zero-order valence-electron chi connectivity index (χ0n) is 31.6. The van der Waals surface area contributed by atoms with Crippen LogP contribution in [0.25, 0.3) is 55.6 Å². The second kappa shape index (κ2) is 12.9. The Labute approximate surface area is 330 Å². The van der Waals surface area contributed by atoms with Crippen molar-refractivity contribution in [1.82, 2.24) is 4.98 Å². The van der Waals surface area contributed by atoms with Crippen LogP contribution in [0, 0.1) is 0 Å². The first-order valence-corrected chi connectivity index (χ1v) is 19.4. The number of aromatic nitrogens is 1. The van der Waals surface area contributed by atoms with Gasteiger partial charge in [0.15, 0.2) is 5.58 Å². The first-order chi connectivity index (χ1) is 28.0. The number of rotatable bonds is 7. The molecular formula is C52H37N3O2. The summed E-state index contributed by atoms with van der Waals surface area (Å²) in [6.45, 7) is 4.63. The molecule has 8 aromatic carbocycles. The summed E-state index contributed by atoms with van der Waals surface area (Å²) in [4.78, 5) is 10.1. The van der Waals surface area contributed by atoms with Gasteiger partial charge >= 0.3 is 0 Å². The molecule has 11 rings (SSSR count). The normalized spacial score (nSPS) is 12.9. The lowest BCUT2D eigenvalue weighted by atomic mass is 9.82. The van der Waals surface area contributed by atoms with Crippen molar-refractivity contribution < 1.29 is 8.83 Å². The summed E-state index contributed by atoms with van der Waals surface area (Å²) in [6, 6.07) is 65.9. The van der Waals surface area contributed by atoms with Crippen molar-refractivity contribution in [3.63, 3.8) is 0 Å². The Bertz CT molecular complexity index is 3070. The third kappa shape index (κ3) is 5.27. The summed E-state index contributed by atoms with van der Waals surface area (Å²) < 4.78 is 13.1. The van der Waals surface area contributed by atoms with Crippen molar-refractivity contribution >= 4 is 67.2 Å². The molecule has 2 aromatic heterocycles. The van der Waals surface area contributed by atoms with E-state index in [0.29, 0.717) is 5.89 Å². The molecule has 0 bridgehead atoms. The number of oxazole rings is 1. The van der Waals surface area contributed by atoms with E-state index in [1.54, 1.807) is 0 Å². The zero-order valence-corrected chi connectivity index (χ0v) is 31.6. The number of para-hydroxylation sites is 3.